The van der Waals surface area contributed by atoms with Crippen molar-refractivity contribution in [3.05, 3.63) is 35.9 Å². The number of nitrogens with one attached hydrogen (secondary N) is 1. The number of anilines is 1. The van der Waals surface area contributed by atoms with E-state index in [0.717, 1.165) is 0 Å². The fourth-order valence-electron chi connectivity index (χ4n) is 2.69. The summed E-state index contributed by atoms with van der Waals surface area (Å²) in [5.41, 5.74) is 0.474. The van der Waals surface area contributed by atoms with Crippen LogP contribution in [0.1, 0.15) is 17.3 Å². The Morgan fingerprint density at radius 3 is 2.00 bits per heavy atom. The minimum Gasteiger partial charge on any atom is -0.497 e. The fraction of sp³-hybridized carbons (Fsp3) is 0.333. The van der Waals surface area contributed by atoms with Gasteiger partial charge in [0, 0.05) is 6.07 Å². The quantitative estimate of drug-likeness (QED) is 0.619. The van der Waals surface area contributed by atoms with Crippen LogP contribution >= 0.6 is 0 Å². The molecule has 1 N–H and O–H groups in total. The Balaban J connectivity index is 2.19. The van der Waals surface area contributed by atoms with Crippen LogP contribution in [0.15, 0.2) is 30.3 Å². The summed E-state index contributed by atoms with van der Waals surface area (Å²) in [6.07, 6.45) is -1.11. The summed E-state index contributed by atoms with van der Waals surface area (Å²) in [4.78, 5) is 25.2. The third-order valence-electron chi connectivity index (χ3n) is 4.24. The number of amides is 1. The summed E-state index contributed by atoms with van der Waals surface area (Å²) >= 11 is 0. The molecule has 162 valence electrons. The Labute approximate surface area is 174 Å². The van der Waals surface area contributed by atoms with E-state index in [1.165, 1.54) is 48.5 Å². The van der Waals surface area contributed by atoms with Crippen LogP contribution in [0.4, 0.5) is 5.69 Å². The number of carbonyl (C=O) groups is 2. The molecule has 0 spiro atoms. The Morgan fingerprint density at radius 2 is 1.43 bits per heavy atom. The van der Waals surface area contributed by atoms with Gasteiger partial charge in [-0.1, -0.05) is 0 Å². The zero-order valence-electron chi connectivity index (χ0n) is 17.7. The van der Waals surface area contributed by atoms with E-state index < -0.39 is 18.0 Å². The third-order valence-corrected chi connectivity index (χ3v) is 4.24. The second kappa shape index (κ2) is 10.2. The highest BCUT2D eigenvalue weighted by molar-refractivity contribution is 5.99. The summed E-state index contributed by atoms with van der Waals surface area (Å²) in [5.74, 6) is 0.441. The molecule has 2 aromatic carbocycles. The maximum Gasteiger partial charge on any atom is 0.342 e. The monoisotopic (exact) mass is 419 g/mol. The van der Waals surface area contributed by atoms with E-state index in [-0.39, 0.29) is 17.1 Å². The van der Waals surface area contributed by atoms with Crippen LogP contribution in [-0.2, 0) is 9.53 Å². The highest BCUT2D eigenvalue weighted by atomic mass is 16.6. The van der Waals surface area contributed by atoms with Crippen LogP contribution in [-0.4, -0.2) is 53.5 Å². The minimum absolute atomic E-state index is 0.0914. The molecule has 0 aliphatic carbocycles. The van der Waals surface area contributed by atoms with Crippen LogP contribution in [0.5, 0.6) is 28.7 Å². The van der Waals surface area contributed by atoms with Gasteiger partial charge in [-0.25, -0.2) is 4.79 Å². The van der Waals surface area contributed by atoms with Gasteiger partial charge in [0.2, 0.25) is 5.75 Å². The van der Waals surface area contributed by atoms with E-state index in [9.17, 15) is 9.59 Å². The van der Waals surface area contributed by atoms with Crippen LogP contribution in [0, 0.1) is 0 Å². The molecule has 9 heteroatoms. The van der Waals surface area contributed by atoms with E-state index in [4.69, 9.17) is 28.4 Å². The summed E-state index contributed by atoms with van der Waals surface area (Å²) in [5, 5.41) is 2.67. The van der Waals surface area contributed by atoms with Gasteiger partial charge in [-0.2, -0.15) is 0 Å². The standard InChI is InChI=1S/C21H25NO8/c1-12(20(23)22-15-11-13(25-2)7-9-16(15)26-3)30-21(24)14-8-10-17(27-4)19(29-6)18(14)28-5/h7-12H,1-6H3,(H,22,23). The number of esters is 1. The average Bonchev–Trinajstić information content (AvgIpc) is 2.77. The predicted molar refractivity (Wildman–Crippen MR) is 109 cm³/mol. The highest BCUT2D eigenvalue weighted by Gasteiger charge is 2.25. The van der Waals surface area contributed by atoms with Crippen molar-refractivity contribution < 1.29 is 38.0 Å². The minimum atomic E-state index is -1.11. The van der Waals surface area contributed by atoms with E-state index in [0.29, 0.717) is 22.9 Å². The molecule has 30 heavy (non-hydrogen) atoms. The Bertz CT molecular complexity index is 912. The molecule has 1 amide bonds. The molecule has 2 rings (SSSR count). The van der Waals surface area contributed by atoms with Crippen LogP contribution < -0.4 is 29.0 Å². The predicted octanol–water partition coefficient (Wildman–Crippen LogP) is 2.91. The average molecular weight is 419 g/mol. The van der Waals surface area contributed by atoms with Crippen molar-refractivity contribution in [2.24, 2.45) is 0 Å². The number of ether oxygens (including phenoxy) is 6. The summed E-state index contributed by atoms with van der Waals surface area (Å²) in [6, 6.07) is 7.96. The molecule has 0 aliphatic heterocycles. The smallest absolute Gasteiger partial charge is 0.342 e. The Morgan fingerprint density at radius 1 is 0.800 bits per heavy atom. The summed E-state index contributed by atoms with van der Waals surface area (Å²) in [6.45, 7) is 1.45. The third kappa shape index (κ3) is 4.86. The van der Waals surface area contributed by atoms with Gasteiger partial charge in [-0.3, -0.25) is 4.79 Å². The van der Waals surface area contributed by atoms with Gasteiger partial charge in [-0.15, -0.1) is 0 Å². The van der Waals surface area contributed by atoms with Crippen molar-refractivity contribution in [2.75, 3.05) is 40.9 Å². The first-order valence-corrected chi connectivity index (χ1v) is 8.92. The van der Waals surface area contributed by atoms with Gasteiger partial charge in [0.15, 0.2) is 17.6 Å². The molecule has 0 fully saturated rings. The number of hydrogen-bond acceptors (Lipinski definition) is 8. The molecule has 1 atom stereocenters. The van der Waals surface area contributed by atoms with Gasteiger partial charge in [0.05, 0.1) is 41.2 Å². The fourth-order valence-corrected chi connectivity index (χ4v) is 2.69. The molecule has 9 nitrogen and oxygen atoms in total. The first-order chi connectivity index (χ1) is 14.4. The molecule has 0 bridgehead atoms. The van der Waals surface area contributed by atoms with Crippen LogP contribution in [0.3, 0.4) is 0 Å². The maximum atomic E-state index is 12.7. The van der Waals surface area contributed by atoms with E-state index in [1.807, 2.05) is 0 Å². The lowest BCUT2D eigenvalue weighted by molar-refractivity contribution is -0.123. The zero-order valence-corrected chi connectivity index (χ0v) is 17.7. The molecule has 0 aromatic heterocycles. The molecular weight excluding hydrogens is 394 g/mol. The summed E-state index contributed by atoms with van der Waals surface area (Å²) in [7, 11) is 7.26. The van der Waals surface area contributed by atoms with Gasteiger partial charge < -0.3 is 33.7 Å². The largest absolute Gasteiger partial charge is 0.497 e. The molecule has 0 heterocycles. The van der Waals surface area contributed by atoms with Crippen LogP contribution in [0.25, 0.3) is 0 Å². The second-order valence-electron chi connectivity index (χ2n) is 5.98. The van der Waals surface area contributed by atoms with Gasteiger partial charge in [0.1, 0.15) is 17.1 Å². The number of benzene rings is 2. The number of methoxy groups -OCH3 is 5. The van der Waals surface area contributed by atoms with Crippen molar-refractivity contribution >= 4 is 17.6 Å². The molecule has 0 saturated carbocycles. The van der Waals surface area contributed by atoms with E-state index in [2.05, 4.69) is 5.32 Å². The molecule has 0 radical (unpaired) electrons. The van der Waals surface area contributed by atoms with Crippen molar-refractivity contribution in [3.8, 4) is 28.7 Å². The van der Waals surface area contributed by atoms with Gasteiger partial charge in [-0.05, 0) is 31.2 Å². The molecular formula is C21H25NO8. The normalized spacial score (nSPS) is 11.1. The number of hydrogen-bond donors (Lipinski definition) is 1. The van der Waals surface area contributed by atoms with Gasteiger partial charge >= 0.3 is 5.97 Å². The first kappa shape index (κ1) is 22.7. The van der Waals surface area contributed by atoms with Crippen molar-refractivity contribution in [3.63, 3.8) is 0 Å². The molecule has 1 unspecified atom stereocenters. The zero-order chi connectivity index (χ0) is 22.3. The Hall–Kier alpha value is -3.62. The molecule has 2 aromatic rings. The molecule has 0 saturated heterocycles. The van der Waals surface area contributed by atoms with Crippen LogP contribution in [0.2, 0.25) is 0 Å². The summed E-state index contributed by atoms with van der Waals surface area (Å²) < 4.78 is 31.5. The molecule has 0 aliphatic rings. The maximum absolute atomic E-state index is 12.7. The lowest BCUT2D eigenvalue weighted by Gasteiger charge is -2.18. The van der Waals surface area contributed by atoms with E-state index in [1.54, 1.807) is 24.3 Å². The topological polar surface area (TPSA) is 102 Å². The second-order valence-corrected chi connectivity index (χ2v) is 5.98. The van der Waals surface area contributed by atoms with Crippen molar-refractivity contribution in [1.82, 2.24) is 0 Å². The number of carbonyl (C=O) groups excluding carboxylic acids is 2. The SMILES string of the molecule is COc1ccc(OC)c(NC(=O)C(C)OC(=O)c2ccc(OC)c(OC)c2OC)c1. The highest BCUT2D eigenvalue weighted by Crippen LogP contribution is 2.40. The lowest BCUT2D eigenvalue weighted by Crippen LogP contribution is -2.30. The Kier molecular flexibility index (Phi) is 7.74. The van der Waals surface area contributed by atoms with Crippen molar-refractivity contribution in [2.45, 2.75) is 13.0 Å². The van der Waals surface area contributed by atoms with Gasteiger partial charge in [0.25, 0.3) is 5.91 Å². The van der Waals surface area contributed by atoms with Crippen molar-refractivity contribution in [1.29, 1.82) is 0 Å². The lowest BCUT2D eigenvalue weighted by atomic mass is 10.1. The van der Waals surface area contributed by atoms with E-state index >= 15 is 0 Å². The number of rotatable bonds is 9. The first-order valence-electron chi connectivity index (χ1n) is 8.92.